The summed E-state index contributed by atoms with van der Waals surface area (Å²) in [5.41, 5.74) is 0. The van der Waals surface area contributed by atoms with Crippen molar-refractivity contribution in [2.24, 2.45) is 0 Å². The van der Waals surface area contributed by atoms with Crippen LogP contribution in [0.4, 0.5) is 26.3 Å². The molecule has 0 bridgehead atoms. The normalized spacial score (nSPS) is 13.7. The zero-order valence-corrected chi connectivity index (χ0v) is 9.24. The number of rotatable bonds is 8. The molecule has 18 heavy (non-hydrogen) atoms. The molecule has 0 aliphatic heterocycles. The molecule has 0 unspecified atom stereocenters. The standard InChI is InChI=1S/C10H12F6O2/c11-7(9(13)14)8(12)10(15,16)5-3-1-2-4-6(17)18/h9H,1-5H2,(H,17,18). The van der Waals surface area contributed by atoms with E-state index in [0.29, 0.717) is 0 Å². The summed E-state index contributed by atoms with van der Waals surface area (Å²) < 4.78 is 74.1. The molecule has 0 aromatic carbocycles. The van der Waals surface area contributed by atoms with Gasteiger partial charge in [0.2, 0.25) is 11.7 Å². The molecule has 0 heterocycles. The Balaban J connectivity index is 4.23. The monoisotopic (exact) mass is 278 g/mol. The lowest BCUT2D eigenvalue weighted by molar-refractivity contribution is -0.137. The lowest BCUT2D eigenvalue weighted by Crippen LogP contribution is -2.19. The van der Waals surface area contributed by atoms with E-state index in [2.05, 4.69) is 0 Å². The minimum Gasteiger partial charge on any atom is -0.481 e. The summed E-state index contributed by atoms with van der Waals surface area (Å²) in [4.78, 5) is 10.1. The van der Waals surface area contributed by atoms with Crippen LogP contribution in [0.3, 0.4) is 0 Å². The van der Waals surface area contributed by atoms with Crippen LogP contribution in [-0.2, 0) is 4.79 Å². The highest BCUT2D eigenvalue weighted by atomic mass is 19.3. The van der Waals surface area contributed by atoms with Crippen LogP contribution in [0.25, 0.3) is 0 Å². The number of carbonyl (C=O) groups is 1. The van der Waals surface area contributed by atoms with Gasteiger partial charge in [0.05, 0.1) is 0 Å². The second-order valence-corrected chi connectivity index (χ2v) is 3.62. The third kappa shape index (κ3) is 5.92. The van der Waals surface area contributed by atoms with Crippen LogP contribution in [0.15, 0.2) is 11.7 Å². The van der Waals surface area contributed by atoms with E-state index < -0.39 is 36.4 Å². The maximum absolute atomic E-state index is 12.9. The Morgan fingerprint density at radius 1 is 1.11 bits per heavy atom. The third-order valence-corrected chi connectivity index (χ3v) is 2.10. The summed E-state index contributed by atoms with van der Waals surface area (Å²) in [6, 6.07) is 0. The van der Waals surface area contributed by atoms with Gasteiger partial charge in [-0.1, -0.05) is 6.42 Å². The van der Waals surface area contributed by atoms with Crippen molar-refractivity contribution in [3.05, 3.63) is 11.7 Å². The number of carboxylic acids is 1. The number of hydrogen-bond acceptors (Lipinski definition) is 1. The molecule has 8 heteroatoms. The van der Waals surface area contributed by atoms with Crippen molar-refractivity contribution in [2.75, 3.05) is 0 Å². The van der Waals surface area contributed by atoms with Crippen LogP contribution < -0.4 is 0 Å². The second-order valence-electron chi connectivity index (χ2n) is 3.62. The summed E-state index contributed by atoms with van der Waals surface area (Å²) in [6.07, 6.45) is -5.40. The zero-order chi connectivity index (χ0) is 14.3. The van der Waals surface area contributed by atoms with Gasteiger partial charge < -0.3 is 5.11 Å². The third-order valence-electron chi connectivity index (χ3n) is 2.10. The number of aliphatic carboxylic acids is 1. The molecule has 0 saturated carbocycles. The Kier molecular flexibility index (Phi) is 6.79. The lowest BCUT2D eigenvalue weighted by atomic mass is 10.1. The highest BCUT2D eigenvalue weighted by Crippen LogP contribution is 2.35. The number of carboxylic acid groups (broad SMARTS) is 1. The predicted octanol–water partition coefficient (Wildman–Crippen LogP) is 4.07. The van der Waals surface area contributed by atoms with E-state index in [1.165, 1.54) is 0 Å². The molecule has 0 fully saturated rings. The first-order valence-corrected chi connectivity index (χ1v) is 5.12. The van der Waals surface area contributed by atoms with Gasteiger partial charge in [-0.25, -0.2) is 17.6 Å². The van der Waals surface area contributed by atoms with Crippen molar-refractivity contribution >= 4 is 5.97 Å². The van der Waals surface area contributed by atoms with E-state index >= 15 is 0 Å². The summed E-state index contributed by atoms with van der Waals surface area (Å²) in [6.45, 7) is 0. The molecule has 1 N–H and O–H groups in total. The van der Waals surface area contributed by atoms with Crippen molar-refractivity contribution < 1.29 is 36.2 Å². The first kappa shape index (κ1) is 16.8. The molecule has 0 rings (SSSR count). The molecule has 0 aliphatic carbocycles. The van der Waals surface area contributed by atoms with Crippen molar-refractivity contribution in [1.82, 2.24) is 0 Å². The Morgan fingerprint density at radius 3 is 2.11 bits per heavy atom. The van der Waals surface area contributed by atoms with Crippen molar-refractivity contribution in [1.29, 1.82) is 0 Å². The topological polar surface area (TPSA) is 37.3 Å². The fourth-order valence-corrected chi connectivity index (χ4v) is 1.18. The van der Waals surface area contributed by atoms with E-state index in [-0.39, 0.29) is 25.7 Å². The van der Waals surface area contributed by atoms with Crippen LogP contribution in [0.1, 0.15) is 32.1 Å². The first-order chi connectivity index (χ1) is 8.18. The molecule has 0 radical (unpaired) electrons. The Morgan fingerprint density at radius 2 is 1.67 bits per heavy atom. The summed E-state index contributed by atoms with van der Waals surface area (Å²) >= 11 is 0. The maximum atomic E-state index is 12.9. The SMILES string of the molecule is O=C(O)CCCCCC(F)(F)C(F)=C(F)C(F)F. The van der Waals surface area contributed by atoms with Crippen molar-refractivity contribution in [3.63, 3.8) is 0 Å². The van der Waals surface area contributed by atoms with Gasteiger partial charge in [-0.15, -0.1) is 0 Å². The van der Waals surface area contributed by atoms with Gasteiger partial charge in [0.1, 0.15) is 0 Å². The fraction of sp³-hybridized carbons (Fsp3) is 0.700. The Hall–Kier alpha value is -1.21. The van der Waals surface area contributed by atoms with Crippen LogP contribution in [0.2, 0.25) is 0 Å². The van der Waals surface area contributed by atoms with Gasteiger partial charge in [0, 0.05) is 12.8 Å². The number of allylic oxidation sites excluding steroid dienone is 2. The van der Waals surface area contributed by atoms with Crippen molar-refractivity contribution in [3.8, 4) is 0 Å². The van der Waals surface area contributed by atoms with Gasteiger partial charge in [-0.3, -0.25) is 4.79 Å². The first-order valence-electron chi connectivity index (χ1n) is 5.12. The highest BCUT2D eigenvalue weighted by Gasteiger charge is 2.39. The van der Waals surface area contributed by atoms with Gasteiger partial charge >= 0.3 is 11.9 Å². The number of hydrogen-bond donors (Lipinski definition) is 1. The van der Waals surface area contributed by atoms with Gasteiger partial charge in [0.25, 0.3) is 6.43 Å². The lowest BCUT2D eigenvalue weighted by Gasteiger charge is -2.14. The Bertz CT molecular complexity index is 313. The van der Waals surface area contributed by atoms with E-state index in [0.717, 1.165) is 0 Å². The van der Waals surface area contributed by atoms with Crippen molar-refractivity contribution in [2.45, 2.75) is 44.5 Å². The summed E-state index contributed by atoms with van der Waals surface area (Å²) in [5, 5.41) is 8.25. The molecule has 0 aromatic heterocycles. The molecule has 0 atom stereocenters. The largest absolute Gasteiger partial charge is 0.481 e. The minimum absolute atomic E-state index is 0.0610. The predicted molar refractivity (Wildman–Crippen MR) is 50.9 cm³/mol. The fourth-order valence-electron chi connectivity index (χ4n) is 1.18. The maximum Gasteiger partial charge on any atom is 0.303 e. The Labute approximate surface area is 99.3 Å². The zero-order valence-electron chi connectivity index (χ0n) is 9.24. The van der Waals surface area contributed by atoms with E-state index in [1.807, 2.05) is 0 Å². The minimum atomic E-state index is -4.29. The van der Waals surface area contributed by atoms with Crippen LogP contribution in [0.5, 0.6) is 0 Å². The molecule has 0 saturated heterocycles. The van der Waals surface area contributed by atoms with Crippen LogP contribution >= 0.6 is 0 Å². The summed E-state index contributed by atoms with van der Waals surface area (Å²) in [5.74, 6) is -10.9. The van der Waals surface area contributed by atoms with Gasteiger partial charge in [0.15, 0.2) is 0 Å². The van der Waals surface area contributed by atoms with Gasteiger partial charge in [-0.05, 0) is 12.8 Å². The van der Waals surface area contributed by atoms with Crippen LogP contribution in [-0.4, -0.2) is 23.4 Å². The van der Waals surface area contributed by atoms with Crippen LogP contribution in [0, 0.1) is 0 Å². The van der Waals surface area contributed by atoms with Gasteiger partial charge in [-0.2, -0.15) is 8.78 Å². The van der Waals surface area contributed by atoms with E-state index in [9.17, 15) is 31.1 Å². The molecule has 0 amide bonds. The highest BCUT2D eigenvalue weighted by molar-refractivity contribution is 5.66. The number of halogens is 6. The smallest absolute Gasteiger partial charge is 0.303 e. The average Bonchev–Trinajstić information content (AvgIpc) is 2.25. The van der Waals surface area contributed by atoms with E-state index in [4.69, 9.17) is 5.11 Å². The average molecular weight is 278 g/mol. The molecule has 2 nitrogen and oxygen atoms in total. The number of unbranched alkanes of at least 4 members (excludes halogenated alkanes) is 2. The second kappa shape index (κ2) is 7.27. The molecular formula is C10H12F6O2. The van der Waals surface area contributed by atoms with E-state index in [1.54, 1.807) is 0 Å². The molecule has 0 aliphatic rings. The quantitative estimate of drug-likeness (QED) is 0.536. The number of alkyl halides is 4. The molecule has 0 aromatic rings. The molecular weight excluding hydrogens is 266 g/mol. The molecule has 106 valence electrons. The summed E-state index contributed by atoms with van der Waals surface area (Å²) in [7, 11) is 0. The molecule has 0 spiro atoms.